The summed E-state index contributed by atoms with van der Waals surface area (Å²) >= 11 is 0. The van der Waals surface area contributed by atoms with Crippen LogP contribution in [-0.2, 0) is 11.3 Å². The molecule has 1 fully saturated rings. The normalized spacial score (nSPS) is 15.3. The largest absolute Gasteiger partial charge is 0.370 e. The van der Waals surface area contributed by atoms with Gasteiger partial charge in [0, 0.05) is 25.8 Å². The molecule has 1 aliphatic rings. The zero-order valence-electron chi connectivity index (χ0n) is 14.9. The molecule has 142 valence electrons. The van der Waals surface area contributed by atoms with Gasteiger partial charge < -0.3 is 16.8 Å². The highest BCUT2D eigenvalue weighted by Gasteiger charge is 2.18. The SMILES string of the molecule is NC(N)=NC1CCN(Cc2ccc(-n3ccc(NC=O)nc3=O)cc2)CC1. The van der Waals surface area contributed by atoms with Gasteiger partial charge in [0.1, 0.15) is 5.82 Å². The summed E-state index contributed by atoms with van der Waals surface area (Å²) in [5, 5.41) is 2.36. The number of rotatable bonds is 6. The van der Waals surface area contributed by atoms with Crippen molar-refractivity contribution in [3.8, 4) is 5.69 Å². The number of guanidine groups is 1. The second kappa shape index (κ2) is 8.45. The van der Waals surface area contributed by atoms with Crippen LogP contribution in [0, 0.1) is 0 Å². The summed E-state index contributed by atoms with van der Waals surface area (Å²) in [6.07, 6.45) is 3.96. The first-order valence-electron chi connectivity index (χ1n) is 8.75. The quantitative estimate of drug-likeness (QED) is 0.374. The molecule has 27 heavy (non-hydrogen) atoms. The summed E-state index contributed by atoms with van der Waals surface area (Å²) in [5.74, 6) is 0.385. The van der Waals surface area contributed by atoms with Crippen molar-refractivity contribution < 1.29 is 4.79 Å². The fourth-order valence-corrected chi connectivity index (χ4v) is 3.18. The van der Waals surface area contributed by atoms with Crippen molar-refractivity contribution in [3.63, 3.8) is 0 Å². The molecule has 1 aromatic carbocycles. The lowest BCUT2D eigenvalue weighted by Gasteiger charge is -2.30. The lowest BCUT2D eigenvalue weighted by molar-refractivity contribution is -0.105. The standard InChI is InChI=1S/C18H23N7O2/c19-17(20)22-14-5-8-24(9-6-14)11-13-1-3-15(4-2-13)25-10-7-16(21-12-26)23-18(25)27/h1-4,7,10,12,14H,5-6,8-9,11H2,(H4,19,20,22)(H,21,23,26,27). The Balaban J connectivity index is 1.62. The third kappa shape index (κ3) is 4.91. The molecule has 0 spiro atoms. The third-order valence-electron chi connectivity index (χ3n) is 4.52. The van der Waals surface area contributed by atoms with Gasteiger partial charge in [0.05, 0.1) is 11.7 Å². The van der Waals surface area contributed by atoms with Gasteiger partial charge in [-0.2, -0.15) is 4.98 Å². The van der Waals surface area contributed by atoms with E-state index in [-0.39, 0.29) is 17.8 Å². The van der Waals surface area contributed by atoms with Crippen molar-refractivity contribution in [3.05, 3.63) is 52.6 Å². The molecule has 2 aromatic rings. The molecule has 0 bridgehead atoms. The lowest BCUT2D eigenvalue weighted by Crippen LogP contribution is -2.36. The molecule has 2 heterocycles. The van der Waals surface area contributed by atoms with Gasteiger partial charge >= 0.3 is 5.69 Å². The topological polar surface area (TPSA) is 132 Å². The highest BCUT2D eigenvalue weighted by atomic mass is 16.1. The maximum Gasteiger partial charge on any atom is 0.354 e. The highest BCUT2D eigenvalue weighted by Crippen LogP contribution is 2.17. The highest BCUT2D eigenvalue weighted by molar-refractivity contribution is 5.75. The molecular weight excluding hydrogens is 346 g/mol. The molecule has 1 aliphatic heterocycles. The van der Waals surface area contributed by atoms with Gasteiger partial charge in [-0.25, -0.2) is 4.79 Å². The Morgan fingerprint density at radius 3 is 2.52 bits per heavy atom. The molecule has 0 radical (unpaired) electrons. The number of piperidine rings is 1. The van der Waals surface area contributed by atoms with Crippen molar-refractivity contribution >= 4 is 18.2 Å². The van der Waals surface area contributed by atoms with E-state index in [0.29, 0.717) is 6.41 Å². The molecule has 5 N–H and O–H groups in total. The zero-order chi connectivity index (χ0) is 19.2. The molecule has 9 heteroatoms. The number of nitrogens with one attached hydrogen (secondary N) is 1. The van der Waals surface area contributed by atoms with E-state index >= 15 is 0 Å². The van der Waals surface area contributed by atoms with E-state index in [1.165, 1.54) is 10.1 Å². The van der Waals surface area contributed by atoms with Crippen molar-refractivity contribution in [2.24, 2.45) is 16.5 Å². The first kappa shape index (κ1) is 18.6. The van der Waals surface area contributed by atoms with Gasteiger partial charge in [0.15, 0.2) is 5.96 Å². The van der Waals surface area contributed by atoms with Crippen LogP contribution in [0.2, 0.25) is 0 Å². The third-order valence-corrected chi connectivity index (χ3v) is 4.52. The number of likely N-dealkylation sites (tertiary alicyclic amines) is 1. The van der Waals surface area contributed by atoms with Crippen molar-refractivity contribution in [1.82, 2.24) is 14.5 Å². The summed E-state index contributed by atoms with van der Waals surface area (Å²) in [7, 11) is 0. The van der Waals surface area contributed by atoms with Crippen LogP contribution in [0.4, 0.5) is 5.82 Å². The van der Waals surface area contributed by atoms with Crippen LogP contribution >= 0.6 is 0 Å². The predicted molar refractivity (Wildman–Crippen MR) is 104 cm³/mol. The van der Waals surface area contributed by atoms with Crippen molar-refractivity contribution in [2.75, 3.05) is 18.4 Å². The minimum Gasteiger partial charge on any atom is -0.370 e. The van der Waals surface area contributed by atoms with Gasteiger partial charge in [0.2, 0.25) is 6.41 Å². The average Bonchev–Trinajstić information content (AvgIpc) is 2.64. The Hall–Kier alpha value is -3.20. The number of hydrogen-bond acceptors (Lipinski definition) is 5. The molecular formula is C18H23N7O2. The van der Waals surface area contributed by atoms with E-state index < -0.39 is 5.69 Å². The Bertz CT molecular complexity index is 864. The van der Waals surface area contributed by atoms with Gasteiger partial charge in [-0.15, -0.1) is 0 Å². The summed E-state index contributed by atoms with van der Waals surface area (Å²) < 4.78 is 1.43. The van der Waals surface area contributed by atoms with Crippen molar-refractivity contribution in [2.45, 2.75) is 25.4 Å². The summed E-state index contributed by atoms with van der Waals surface area (Å²) in [6.45, 7) is 2.72. The molecule has 1 saturated heterocycles. The number of carbonyl (C=O) groups is 1. The number of anilines is 1. The van der Waals surface area contributed by atoms with Crippen LogP contribution in [0.1, 0.15) is 18.4 Å². The smallest absolute Gasteiger partial charge is 0.354 e. The fraction of sp³-hybridized carbons (Fsp3) is 0.333. The first-order valence-corrected chi connectivity index (χ1v) is 8.75. The maximum absolute atomic E-state index is 12.1. The van der Waals surface area contributed by atoms with Crippen molar-refractivity contribution in [1.29, 1.82) is 0 Å². The van der Waals surface area contributed by atoms with E-state index in [2.05, 4.69) is 20.2 Å². The number of hydrogen-bond donors (Lipinski definition) is 3. The van der Waals surface area contributed by atoms with Gasteiger partial charge in [-0.1, -0.05) is 12.1 Å². The molecule has 0 saturated carbocycles. The summed E-state index contributed by atoms with van der Waals surface area (Å²) in [6, 6.07) is 9.56. The number of aromatic nitrogens is 2. The molecule has 1 aromatic heterocycles. The van der Waals surface area contributed by atoms with E-state index in [4.69, 9.17) is 11.5 Å². The van der Waals surface area contributed by atoms with E-state index in [9.17, 15) is 9.59 Å². The van der Waals surface area contributed by atoms with Crippen LogP contribution < -0.4 is 22.5 Å². The van der Waals surface area contributed by atoms with E-state index in [1.54, 1.807) is 12.3 Å². The Morgan fingerprint density at radius 1 is 1.22 bits per heavy atom. The number of aliphatic imine (C=N–C) groups is 1. The average molecular weight is 369 g/mol. The maximum atomic E-state index is 12.1. The molecule has 0 unspecified atom stereocenters. The van der Waals surface area contributed by atoms with Crippen LogP contribution in [0.5, 0.6) is 0 Å². The second-order valence-electron chi connectivity index (χ2n) is 6.46. The Labute approximate surface area is 156 Å². The summed E-state index contributed by atoms with van der Waals surface area (Å²) in [5.41, 5.74) is 12.3. The van der Waals surface area contributed by atoms with Gasteiger partial charge in [0.25, 0.3) is 0 Å². The minimum absolute atomic E-state index is 0.156. The fourth-order valence-electron chi connectivity index (χ4n) is 3.18. The molecule has 0 atom stereocenters. The first-order chi connectivity index (χ1) is 13.0. The zero-order valence-corrected chi connectivity index (χ0v) is 14.9. The predicted octanol–water partition coefficient (Wildman–Crippen LogP) is 0.0386. The molecule has 3 rings (SSSR count). The van der Waals surface area contributed by atoms with Gasteiger partial charge in [-0.05, 0) is 36.6 Å². The minimum atomic E-state index is -0.448. The number of nitrogens with two attached hydrogens (primary N) is 2. The van der Waals surface area contributed by atoms with Crippen LogP contribution in [0.25, 0.3) is 5.69 Å². The van der Waals surface area contributed by atoms with E-state index in [0.717, 1.165) is 38.2 Å². The lowest BCUT2D eigenvalue weighted by atomic mass is 10.0. The molecule has 1 amide bonds. The van der Waals surface area contributed by atoms with Crippen LogP contribution in [0.3, 0.4) is 0 Å². The Kier molecular flexibility index (Phi) is 5.82. The number of amides is 1. The number of benzene rings is 1. The monoisotopic (exact) mass is 369 g/mol. The Morgan fingerprint density at radius 2 is 1.93 bits per heavy atom. The van der Waals surface area contributed by atoms with Crippen LogP contribution in [0.15, 0.2) is 46.3 Å². The van der Waals surface area contributed by atoms with Crippen LogP contribution in [-0.4, -0.2) is 46.0 Å². The number of nitrogens with zero attached hydrogens (tertiary/aromatic N) is 4. The summed E-state index contributed by atoms with van der Waals surface area (Å²) in [4.78, 5) is 32.9. The second-order valence-corrected chi connectivity index (χ2v) is 6.46. The molecule has 9 nitrogen and oxygen atoms in total. The van der Waals surface area contributed by atoms with Gasteiger partial charge in [-0.3, -0.25) is 19.3 Å². The van der Waals surface area contributed by atoms with E-state index in [1.807, 2.05) is 24.3 Å². The molecule has 0 aliphatic carbocycles. The number of carbonyl (C=O) groups excluding carboxylic acids is 1.